The van der Waals surface area contributed by atoms with Crippen LogP contribution in [0.15, 0.2) is 55.4 Å². The Kier molecular flexibility index (Phi) is 3.16. The summed E-state index contributed by atoms with van der Waals surface area (Å²) >= 11 is 0. The standard InChI is InChI=1S/C15H15N/c1-3-4-13-9-15(11-16-10-13)14-7-5-12(2)6-8-14/h3,5-11H,1,4H2,2H3. The molecule has 0 aliphatic rings. The fraction of sp³-hybridized carbons (Fsp3) is 0.133. The van der Waals surface area contributed by atoms with Crippen LogP contribution in [0.3, 0.4) is 0 Å². The zero-order valence-electron chi connectivity index (χ0n) is 9.48. The first-order valence-electron chi connectivity index (χ1n) is 5.41. The molecule has 1 heteroatoms. The molecule has 0 unspecified atom stereocenters. The fourth-order valence-corrected chi connectivity index (χ4v) is 1.67. The molecule has 0 aliphatic carbocycles. The number of benzene rings is 1. The first-order chi connectivity index (χ1) is 7.79. The minimum Gasteiger partial charge on any atom is -0.264 e. The molecule has 0 N–H and O–H groups in total. The summed E-state index contributed by atoms with van der Waals surface area (Å²) in [7, 11) is 0. The van der Waals surface area contributed by atoms with Gasteiger partial charge < -0.3 is 0 Å². The van der Waals surface area contributed by atoms with Crippen molar-refractivity contribution in [3.63, 3.8) is 0 Å². The summed E-state index contributed by atoms with van der Waals surface area (Å²) in [5.74, 6) is 0. The second-order valence-electron chi connectivity index (χ2n) is 3.94. The lowest BCUT2D eigenvalue weighted by Gasteiger charge is -2.03. The summed E-state index contributed by atoms with van der Waals surface area (Å²) < 4.78 is 0. The third-order valence-electron chi connectivity index (χ3n) is 2.56. The minimum atomic E-state index is 0.868. The molecule has 0 radical (unpaired) electrons. The number of nitrogens with zero attached hydrogens (tertiary/aromatic N) is 1. The number of allylic oxidation sites excluding steroid dienone is 1. The predicted octanol–water partition coefficient (Wildman–Crippen LogP) is 3.79. The van der Waals surface area contributed by atoms with Crippen molar-refractivity contribution < 1.29 is 0 Å². The van der Waals surface area contributed by atoms with Gasteiger partial charge in [-0.3, -0.25) is 4.98 Å². The Hall–Kier alpha value is -1.89. The average molecular weight is 209 g/mol. The normalized spacial score (nSPS) is 10.1. The van der Waals surface area contributed by atoms with Gasteiger partial charge in [0.15, 0.2) is 0 Å². The zero-order valence-corrected chi connectivity index (χ0v) is 9.48. The van der Waals surface area contributed by atoms with Crippen LogP contribution in [0.25, 0.3) is 11.1 Å². The van der Waals surface area contributed by atoms with Gasteiger partial charge in [-0.2, -0.15) is 0 Å². The van der Waals surface area contributed by atoms with Crippen LogP contribution < -0.4 is 0 Å². The molecule has 0 aliphatic heterocycles. The highest BCUT2D eigenvalue weighted by molar-refractivity contribution is 5.63. The van der Waals surface area contributed by atoms with Crippen molar-refractivity contribution in [2.45, 2.75) is 13.3 Å². The summed E-state index contributed by atoms with van der Waals surface area (Å²) in [6.07, 6.45) is 6.55. The first kappa shape index (κ1) is 10.6. The van der Waals surface area contributed by atoms with Crippen LogP contribution in [0.2, 0.25) is 0 Å². The van der Waals surface area contributed by atoms with Crippen LogP contribution in [-0.2, 0) is 6.42 Å². The molecule has 16 heavy (non-hydrogen) atoms. The number of aromatic nitrogens is 1. The number of pyridine rings is 1. The van der Waals surface area contributed by atoms with Gasteiger partial charge in [-0.15, -0.1) is 6.58 Å². The molecule has 0 fully saturated rings. The molecule has 1 aromatic carbocycles. The van der Waals surface area contributed by atoms with Gasteiger partial charge in [-0.05, 0) is 30.5 Å². The molecule has 2 rings (SSSR count). The lowest BCUT2D eigenvalue weighted by atomic mass is 10.0. The van der Waals surface area contributed by atoms with Crippen molar-refractivity contribution in [2.75, 3.05) is 0 Å². The minimum absolute atomic E-state index is 0.868. The van der Waals surface area contributed by atoms with E-state index in [4.69, 9.17) is 0 Å². The van der Waals surface area contributed by atoms with E-state index in [2.05, 4.69) is 48.8 Å². The summed E-state index contributed by atoms with van der Waals surface area (Å²) in [6.45, 7) is 5.84. The van der Waals surface area contributed by atoms with E-state index in [0.717, 1.165) is 6.42 Å². The number of hydrogen-bond donors (Lipinski definition) is 0. The van der Waals surface area contributed by atoms with Crippen LogP contribution in [-0.4, -0.2) is 4.98 Å². The van der Waals surface area contributed by atoms with Gasteiger partial charge in [0.25, 0.3) is 0 Å². The van der Waals surface area contributed by atoms with E-state index in [-0.39, 0.29) is 0 Å². The maximum atomic E-state index is 4.25. The maximum Gasteiger partial charge on any atom is 0.0346 e. The SMILES string of the molecule is C=CCc1cncc(-c2ccc(C)cc2)c1. The Bertz CT molecular complexity index is 483. The Labute approximate surface area is 96.5 Å². The molecular formula is C15H15N. The molecule has 0 saturated carbocycles. The highest BCUT2D eigenvalue weighted by Gasteiger charge is 1.98. The van der Waals surface area contributed by atoms with Crippen molar-refractivity contribution in [1.82, 2.24) is 4.98 Å². The summed E-state index contributed by atoms with van der Waals surface area (Å²) in [6, 6.07) is 10.7. The van der Waals surface area contributed by atoms with Crippen LogP contribution in [0.4, 0.5) is 0 Å². The molecule has 1 aromatic heterocycles. The lowest BCUT2D eigenvalue weighted by Crippen LogP contribution is -1.86. The second-order valence-corrected chi connectivity index (χ2v) is 3.94. The van der Waals surface area contributed by atoms with Gasteiger partial charge >= 0.3 is 0 Å². The number of aryl methyl sites for hydroxylation is 1. The quantitative estimate of drug-likeness (QED) is 0.701. The van der Waals surface area contributed by atoms with E-state index >= 15 is 0 Å². The average Bonchev–Trinajstić information content (AvgIpc) is 2.31. The Morgan fingerprint density at radius 3 is 2.56 bits per heavy atom. The largest absolute Gasteiger partial charge is 0.264 e. The van der Waals surface area contributed by atoms with Gasteiger partial charge in [0.05, 0.1) is 0 Å². The Balaban J connectivity index is 2.36. The van der Waals surface area contributed by atoms with Crippen molar-refractivity contribution >= 4 is 0 Å². The van der Waals surface area contributed by atoms with Gasteiger partial charge in [-0.25, -0.2) is 0 Å². The van der Waals surface area contributed by atoms with Gasteiger partial charge in [0.1, 0.15) is 0 Å². The fourth-order valence-electron chi connectivity index (χ4n) is 1.67. The Morgan fingerprint density at radius 1 is 1.12 bits per heavy atom. The van der Waals surface area contributed by atoms with Crippen molar-refractivity contribution in [1.29, 1.82) is 0 Å². The molecular weight excluding hydrogens is 194 g/mol. The van der Waals surface area contributed by atoms with E-state index in [1.54, 1.807) is 0 Å². The van der Waals surface area contributed by atoms with Crippen LogP contribution >= 0.6 is 0 Å². The lowest BCUT2D eigenvalue weighted by molar-refractivity contribution is 1.19. The molecule has 1 nitrogen and oxygen atoms in total. The summed E-state index contributed by atoms with van der Waals surface area (Å²) in [5, 5.41) is 0. The van der Waals surface area contributed by atoms with E-state index in [0.29, 0.717) is 0 Å². The molecule has 0 amide bonds. The van der Waals surface area contributed by atoms with E-state index in [1.807, 2.05) is 18.5 Å². The van der Waals surface area contributed by atoms with E-state index in [9.17, 15) is 0 Å². The predicted molar refractivity (Wildman–Crippen MR) is 68.3 cm³/mol. The van der Waals surface area contributed by atoms with Crippen molar-refractivity contribution in [2.24, 2.45) is 0 Å². The topological polar surface area (TPSA) is 12.9 Å². The monoisotopic (exact) mass is 209 g/mol. The Morgan fingerprint density at radius 2 is 1.88 bits per heavy atom. The third-order valence-corrected chi connectivity index (χ3v) is 2.56. The molecule has 0 saturated heterocycles. The highest BCUT2D eigenvalue weighted by atomic mass is 14.6. The number of hydrogen-bond acceptors (Lipinski definition) is 1. The molecule has 0 bridgehead atoms. The van der Waals surface area contributed by atoms with Gasteiger partial charge in [-0.1, -0.05) is 35.9 Å². The summed E-state index contributed by atoms with van der Waals surface area (Å²) in [4.78, 5) is 4.25. The summed E-state index contributed by atoms with van der Waals surface area (Å²) in [5.41, 5.74) is 4.86. The third kappa shape index (κ3) is 2.37. The molecule has 1 heterocycles. The first-order valence-corrected chi connectivity index (χ1v) is 5.41. The molecule has 2 aromatic rings. The van der Waals surface area contributed by atoms with Crippen molar-refractivity contribution in [3.8, 4) is 11.1 Å². The van der Waals surface area contributed by atoms with Gasteiger partial charge in [0.2, 0.25) is 0 Å². The smallest absolute Gasteiger partial charge is 0.0346 e. The van der Waals surface area contributed by atoms with Gasteiger partial charge in [0, 0.05) is 18.0 Å². The molecule has 0 spiro atoms. The maximum absolute atomic E-state index is 4.25. The van der Waals surface area contributed by atoms with E-state index in [1.165, 1.54) is 22.3 Å². The number of rotatable bonds is 3. The van der Waals surface area contributed by atoms with Crippen molar-refractivity contribution in [3.05, 3.63) is 66.5 Å². The molecule has 0 atom stereocenters. The van der Waals surface area contributed by atoms with Crippen LogP contribution in [0.5, 0.6) is 0 Å². The van der Waals surface area contributed by atoms with E-state index < -0.39 is 0 Å². The second kappa shape index (κ2) is 4.75. The van der Waals surface area contributed by atoms with Crippen LogP contribution in [0, 0.1) is 6.92 Å². The van der Waals surface area contributed by atoms with Crippen LogP contribution in [0.1, 0.15) is 11.1 Å². The molecule has 80 valence electrons. The highest BCUT2D eigenvalue weighted by Crippen LogP contribution is 2.20. The zero-order chi connectivity index (χ0) is 11.4.